The third-order valence-corrected chi connectivity index (χ3v) is 3.07. The van der Waals surface area contributed by atoms with E-state index >= 15 is 0 Å². The molecule has 1 aliphatic rings. The number of rotatable bonds is 4. The second-order valence-corrected chi connectivity index (χ2v) is 4.39. The highest BCUT2D eigenvalue weighted by molar-refractivity contribution is 5.81. The standard InChI is InChI=1S/C13H17NO2/c1-9-7-12(9)13(15)14-8-10-3-5-11(16-2)6-4-10/h3-6,9,12H,7-8H2,1-2H3,(H,14,15). The van der Waals surface area contributed by atoms with Gasteiger partial charge in [-0.15, -0.1) is 0 Å². The minimum Gasteiger partial charge on any atom is -0.497 e. The minimum absolute atomic E-state index is 0.184. The van der Waals surface area contributed by atoms with Crippen LogP contribution >= 0.6 is 0 Å². The van der Waals surface area contributed by atoms with Crippen LogP contribution in [-0.2, 0) is 11.3 Å². The molecule has 2 atom stereocenters. The summed E-state index contributed by atoms with van der Waals surface area (Å²) in [5.74, 6) is 1.84. The predicted molar refractivity (Wildman–Crippen MR) is 62.1 cm³/mol. The zero-order valence-electron chi connectivity index (χ0n) is 9.69. The van der Waals surface area contributed by atoms with Crippen molar-refractivity contribution in [3.8, 4) is 5.75 Å². The lowest BCUT2D eigenvalue weighted by molar-refractivity contribution is -0.122. The summed E-state index contributed by atoms with van der Waals surface area (Å²) in [6, 6.07) is 7.74. The Balaban J connectivity index is 1.82. The second kappa shape index (κ2) is 4.56. The first-order chi connectivity index (χ1) is 7.70. The number of benzene rings is 1. The number of hydrogen-bond acceptors (Lipinski definition) is 2. The van der Waals surface area contributed by atoms with Crippen molar-refractivity contribution in [2.45, 2.75) is 19.9 Å². The first kappa shape index (κ1) is 11.0. The molecule has 2 unspecified atom stereocenters. The average Bonchev–Trinajstić information content (AvgIpc) is 3.04. The lowest BCUT2D eigenvalue weighted by Crippen LogP contribution is -2.24. The highest BCUT2D eigenvalue weighted by atomic mass is 16.5. The molecule has 0 bridgehead atoms. The number of ether oxygens (including phenoxy) is 1. The van der Waals surface area contributed by atoms with Crippen LogP contribution in [0.2, 0.25) is 0 Å². The fourth-order valence-electron chi connectivity index (χ4n) is 1.75. The molecular weight excluding hydrogens is 202 g/mol. The van der Waals surface area contributed by atoms with E-state index in [1.807, 2.05) is 24.3 Å². The van der Waals surface area contributed by atoms with Gasteiger partial charge in [0.15, 0.2) is 0 Å². The Kier molecular flexibility index (Phi) is 3.13. The zero-order chi connectivity index (χ0) is 11.5. The largest absolute Gasteiger partial charge is 0.497 e. The van der Waals surface area contributed by atoms with Crippen LogP contribution in [0.1, 0.15) is 18.9 Å². The summed E-state index contributed by atoms with van der Waals surface area (Å²) in [4.78, 5) is 11.6. The van der Waals surface area contributed by atoms with E-state index in [-0.39, 0.29) is 11.8 Å². The summed E-state index contributed by atoms with van der Waals surface area (Å²) in [5, 5.41) is 2.95. The smallest absolute Gasteiger partial charge is 0.223 e. The van der Waals surface area contributed by atoms with Crippen molar-refractivity contribution in [3.05, 3.63) is 29.8 Å². The summed E-state index contributed by atoms with van der Waals surface area (Å²) in [6.45, 7) is 2.71. The van der Waals surface area contributed by atoms with Crippen LogP contribution in [0.25, 0.3) is 0 Å². The monoisotopic (exact) mass is 219 g/mol. The van der Waals surface area contributed by atoms with Crippen molar-refractivity contribution in [1.29, 1.82) is 0 Å². The minimum atomic E-state index is 0.184. The van der Waals surface area contributed by atoms with Gasteiger partial charge in [0, 0.05) is 12.5 Å². The highest BCUT2D eigenvalue weighted by Crippen LogP contribution is 2.37. The normalized spacial score (nSPS) is 22.6. The van der Waals surface area contributed by atoms with Crippen molar-refractivity contribution >= 4 is 5.91 Å². The lowest BCUT2D eigenvalue weighted by atomic mass is 10.2. The number of nitrogens with one attached hydrogen (secondary N) is 1. The molecule has 1 saturated carbocycles. The number of carbonyl (C=O) groups excluding carboxylic acids is 1. The molecule has 1 aliphatic carbocycles. The van der Waals surface area contributed by atoms with Gasteiger partial charge in [-0.3, -0.25) is 4.79 Å². The fourth-order valence-corrected chi connectivity index (χ4v) is 1.75. The van der Waals surface area contributed by atoms with E-state index in [4.69, 9.17) is 4.74 Å². The SMILES string of the molecule is COc1ccc(CNC(=O)C2CC2C)cc1. The molecule has 1 fully saturated rings. The van der Waals surface area contributed by atoms with E-state index in [9.17, 15) is 4.79 Å². The van der Waals surface area contributed by atoms with Gasteiger partial charge >= 0.3 is 0 Å². The molecule has 1 aromatic carbocycles. The number of amides is 1. The third-order valence-electron chi connectivity index (χ3n) is 3.07. The second-order valence-electron chi connectivity index (χ2n) is 4.39. The molecule has 1 N–H and O–H groups in total. The third kappa shape index (κ3) is 2.54. The van der Waals surface area contributed by atoms with E-state index in [0.717, 1.165) is 17.7 Å². The Morgan fingerprint density at radius 1 is 1.44 bits per heavy atom. The maximum Gasteiger partial charge on any atom is 0.223 e. The van der Waals surface area contributed by atoms with Crippen LogP contribution in [0.5, 0.6) is 5.75 Å². The van der Waals surface area contributed by atoms with Gasteiger partial charge in [-0.1, -0.05) is 19.1 Å². The fraction of sp³-hybridized carbons (Fsp3) is 0.462. The highest BCUT2D eigenvalue weighted by Gasteiger charge is 2.38. The van der Waals surface area contributed by atoms with Crippen molar-refractivity contribution in [1.82, 2.24) is 5.32 Å². The van der Waals surface area contributed by atoms with Gasteiger partial charge in [0.25, 0.3) is 0 Å². The van der Waals surface area contributed by atoms with Gasteiger partial charge in [-0.05, 0) is 30.0 Å². The van der Waals surface area contributed by atoms with Crippen molar-refractivity contribution < 1.29 is 9.53 Å². The average molecular weight is 219 g/mol. The summed E-state index contributed by atoms with van der Waals surface area (Å²) in [5.41, 5.74) is 1.10. The molecule has 0 heterocycles. The first-order valence-corrected chi connectivity index (χ1v) is 5.61. The Morgan fingerprint density at radius 2 is 2.06 bits per heavy atom. The van der Waals surface area contributed by atoms with Gasteiger partial charge < -0.3 is 10.1 Å². The zero-order valence-corrected chi connectivity index (χ0v) is 9.69. The number of carbonyl (C=O) groups is 1. The predicted octanol–water partition coefficient (Wildman–Crippen LogP) is 1.97. The van der Waals surface area contributed by atoms with E-state index in [2.05, 4.69) is 12.2 Å². The van der Waals surface area contributed by atoms with Crippen LogP contribution in [0, 0.1) is 11.8 Å². The Morgan fingerprint density at radius 3 is 2.56 bits per heavy atom. The molecule has 3 nitrogen and oxygen atoms in total. The van der Waals surface area contributed by atoms with Gasteiger partial charge in [-0.2, -0.15) is 0 Å². The van der Waals surface area contributed by atoms with E-state index < -0.39 is 0 Å². The molecule has 16 heavy (non-hydrogen) atoms. The molecule has 86 valence electrons. The van der Waals surface area contributed by atoms with Crippen LogP contribution in [-0.4, -0.2) is 13.0 Å². The molecular formula is C13H17NO2. The molecule has 0 spiro atoms. The number of methoxy groups -OCH3 is 1. The van der Waals surface area contributed by atoms with Crippen LogP contribution in [0.3, 0.4) is 0 Å². The summed E-state index contributed by atoms with van der Waals surface area (Å²) in [6.07, 6.45) is 1.04. The molecule has 2 rings (SSSR count). The summed E-state index contributed by atoms with van der Waals surface area (Å²) in [7, 11) is 1.64. The summed E-state index contributed by atoms with van der Waals surface area (Å²) < 4.78 is 5.07. The lowest BCUT2D eigenvalue weighted by Gasteiger charge is -2.05. The van der Waals surface area contributed by atoms with Crippen molar-refractivity contribution in [3.63, 3.8) is 0 Å². The quantitative estimate of drug-likeness (QED) is 0.840. The van der Waals surface area contributed by atoms with E-state index in [0.29, 0.717) is 12.5 Å². The van der Waals surface area contributed by atoms with Crippen LogP contribution < -0.4 is 10.1 Å². The molecule has 0 aromatic heterocycles. The van der Waals surface area contributed by atoms with Gasteiger partial charge in [0.2, 0.25) is 5.91 Å². The topological polar surface area (TPSA) is 38.3 Å². The Bertz CT molecular complexity index is 372. The first-order valence-electron chi connectivity index (χ1n) is 5.61. The van der Waals surface area contributed by atoms with E-state index in [1.54, 1.807) is 7.11 Å². The van der Waals surface area contributed by atoms with Gasteiger partial charge in [0.1, 0.15) is 5.75 Å². The molecule has 1 amide bonds. The van der Waals surface area contributed by atoms with Crippen molar-refractivity contribution in [2.24, 2.45) is 11.8 Å². The molecule has 0 aliphatic heterocycles. The summed E-state index contributed by atoms with van der Waals surface area (Å²) >= 11 is 0. The van der Waals surface area contributed by atoms with Crippen LogP contribution in [0.4, 0.5) is 0 Å². The van der Waals surface area contributed by atoms with Crippen LogP contribution in [0.15, 0.2) is 24.3 Å². The molecule has 0 saturated heterocycles. The maximum atomic E-state index is 11.6. The molecule has 1 aromatic rings. The maximum absolute atomic E-state index is 11.6. The van der Waals surface area contributed by atoms with E-state index in [1.165, 1.54) is 0 Å². The Hall–Kier alpha value is -1.51. The Labute approximate surface area is 95.8 Å². The van der Waals surface area contributed by atoms with Gasteiger partial charge in [-0.25, -0.2) is 0 Å². The van der Waals surface area contributed by atoms with Crippen molar-refractivity contribution in [2.75, 3.05) is 7.11 Å². The number of hydrogen-bond donors (Lipinski definition) is 1. The molecule has 0 radical (unpaired) electrons. The molecule has 3 heteroatoms. The van der Waals surface area contributed by atoms with Gasteiger partial charge in [0.05, 0.1) is 7.11 Å².